The predicted octanol–water partition coefficient (Wildman–Crippen LogP) is 1.44. The van der Waals surface area contributed by atoms with Crippen LogP contribution in [-0.4, -0.2) is 92.8 Å². The van der Waals surface area contributed by atoms with Crippen molar-refractivity contribution in [3.05, 3.63) is 47.0 Å². The van der Waals surface area contributed by atoms with Crippen molar-refractivity contribution in [2.75, 3.05) is 6.61 Å². The van der Waals surface area contributed by atoms with Crippen molar-refractivity contribution in [1.82, 2.24) is 0 Å². The third-order valence-corrected chi connectivity index (χ3v) is 10.4. The maximum atomic E-state index is 13.7. The Hall–Kier alpha value is -2.83. The number of hydrogen-bond donors (Lipinski definition) is 4. The molecular formula is C31H40O11. The van der Waals surface area contributed by atoms with E-state index in [1.807, 2.05) is 0 Å². The van der Waals surface area contributed by atoms with Crippen molar-refractivity contribution in [2.45, 2.75) is 102 Å². The molecule has 5 rings (SSSR count). The molecule has 10 atom stereocenters. The first-order valence-electron chi connectivity index (χ1n) is 14.2. The molecule has 0 radical (unpaired) electrons. The van der Waals surface area contributed by atoms with Crippen molar-refractivity contribution in [3.8, 4) is 0 Å². The Bertz CT molecular complexity index is 1310. The number of benzene rings is 1. The van der Waals surface area contributed by atoms with Crippen LogP contribution in [0.2, 0.25) is 0 Å². The highest BCUT2D eigenvalue weighted by Crippen LogP contribution is 2.65. The van der Waals surface area contributed by atoms with E-state index >= 15 is 0 Å². The first kappa shape index (κ1) is 30.6. The molecule has 1 saturated heterocycles. The van der Waals surface area contributed by atoms with E-state index in [0.717, 1.165) is 0 Å². The summed E-state index contributed by atoms with van der Waals surface area (Å²) in [6, 6.07) is 8.12. The molecule has 0 spiro atoms. The normalized spacial score (nSPS) is 42.1. The summed E-state index contributed by atoms with van der Waals surface area (Å²) in [4.78, 5) is 38.7. The Kier molecular flexibility index (Phi) is 7.38. The topological polar surface area (TPSA) is 169 Å². The Morgan fingerprint density at radius 1 is 0.976 bits per heavy atom. The minimum absolute atomic E-state index is 0.0496. The summed E-state index contributed by atoms with van der Waals surface area (Å²) in [7, 11) is 0. The van der Waals surface area contributed by atoms with Crippen molar-refractivity contribution in [2.24, 2.45) is 16.7 Å². The standard InChI is InChI=1S/C31H40O11/c1-15-19(34)13-31(38)26(41-27(37)18-10-8-7-9-11-18)24-29(6,20(35)12-21-30(24,14-39-21)42-17(3)33)25(36)23(40-16(2)32)22(15)28(31,4)5/h7-11,19-21,23-26,34-36,38H,12-14H2,1-6H3/t19-,20+,21+,23+,24+,25-,26+,29+,30-,31+/m0/s1. The quantitative estimate of drug-likeness (QED) is 0.228. The number of aliphatic hydroxyl groups is 4. The number of esters is 3. The molecule has 11 nitrogen and oxygen atoms in total. The number of carbonyl (C=O) groups excluding carboxylic acids is 3. The molecule has 0 amide bonds. The van der Waals surface area contributed by atoms with Gasteiger partial charge in [0.1, 0.15) is 23.9 Å². The van der Waals surface area contributed by atoms with Gasteiger partial charge in [-0.25, -0.2) is 4.79 Å². The van der Waals surface area contributed by atoms with Gasteiger partial charge in [0.25, 0.3) is 0 Å². The van der Waals surface area contributed by atoms with E-state index in [0.29, 0.717) is 5.57 Å². The second kappa shape index (κ2) is 10.1. The van der Waals surface area contributed by atoms with Gasteiger partial charge in [-0.05, 0) is 30.2 Å². The van der Waals surface area contributed by atoms with Crippen molar-refractivity contribution >= 4 is 17.9 Å². The van der Waals surface area contributed by atoms with Crippen LogP contribution in [-0.2, 0) is 28.5 Å². The summed E-state index contributed by atoms with van der Waals surface area (Å²) in [5, 5.41) is 48.2. The fourth-order valence-electron chi connectivity index (χ4n) is 8.15. The smallest absolute Gasteiger partial charge is 0.338 e. The maximum Gasteiger partial charge on any atom is 0.338 e. The zero-order valence-electron chi connectivity index (χ0n) is 24.7. The molecule has 1 heterocycles. The Balaban J connectivity index is 1.83. The van der Waals surface area contributed by atoms with Gasteiger partial charge in [-0.1, -0.05) is 39.0 Å². The Labute approximate surface area is 244 Å². The molecule has 2 saturated carbocycles. The SMILES string of the molecule is CC(=O)O[C@@H]1C2=C(C)[C@@H](O)C[C@@](O)([C@H](OC(=O)c3ccccc3)[C@H]3[C@]4(OC(C)=O)CO[C@@H]4C[C@@H](O)[C@@]3(C)[C@H]1O)C2(C)C. The minimum Gasteiger partial charge on any atom is -0.455 e. The van der Waals surface area contributed by atoms with Crippen molar-refractivity contribution < 1.29 is 53.8 Å². The van der Waals surface area contributed by atoms with E-state index in [4.69, 9.17) is 18.9 Å². The summed E-state index contributed by atoms with van der Waals surface area (Å²) in [6.45, 7) is 8.75. The highest BCUT2D eigenvalue weighted by molar-refractivity contribution is 5.89. The van der Waals surface area contributed by atoms with Gasteiger partial charge in [-0.15, -0.1) is 0 Å². The van der Waals surface area contributed by atoms with Crippen molar-refractivity contribution in [3.63, 3.8) is 0 Å². The lowest BCUT2D eigenvalue weighted by Crippen LogP contribution is -2.82. The Morgan fingerprint density at radius 3 is 2.17 bits per heavy atom. The van der Waals surface area contributed by atoms with Crippen LogP contribution in [0, 0.1) is 16.7 Å². The van der Waals surface area contributed by atoms with Gasteiger partial charge in [-0.2, -0.15) is 0 Å². The first-order valence-corrected chi connectivity index (χ1v) is 14.2. The van der Waals surface area contributed by atoms with E-state index in [1.165, 1.54) is 13.8 Å². The van der Waals surface area contributed by atoms with Crippen LogP contribution >= 0.6 is 0 Å². The second-order valence-corrected chi connectivity index (χ2v) is 13.0. The number of hydrogen-bond acceptors (Lipinski definition) is 11. The summed E-state index contributed by atoms with van der Waals surface area (Å²) in [5.41, 5.74) is -5.84. The summed E-state index contributed by atoms with van der Waals surface area (Å²) in [5.74, 6) is -3.46. The lowest BCUT2D eigenvalue weighted by molar-refractivity contribution is -0.365. The molecule has 11 heteroatoms. The molecule has 42 heavy (non-hydrogen) atoms. The van der Waals surface area contributed by atoms with Crippen LogP contribution in [0.1, 0.15) is 64.7 Å². The third kappa shape index (κ3) is 4.16. The van der Waals surface area contributed by atoms with Crippen LogP contribution in [0.5, 0.6) is 0 Å². The number of rotatable bonds is 4. The van der Waals surface area contributed by atoms with Gasteiger partial charge in [-0.3, -0.25) is 9.59 Å². The lowest BCUT2D eigenvalue weighted by atomic mass is 9.44. The van der Waals surface area contributed by atoms with E-state index in [9.17, 15) is 34.8 Å². The molecule has 4 N–H and O–H groups in total. The molecular weight excluding hydrogens is 548 g/mol. The molecule has 0 aromatic heterocycles. The van der Waals surface area contributed by atoms with Gasteiger partial charge in [0.15, 0.2) is 11.7 Å². The molecule has 0 unspecified atom stereocenters. The molecule has 4 aliphatic rings. The minimum atomic E-state index is -2.07. The van der Waals surface area contributed by atoms with Crippen LogP contribution in [0.3, 0.4) is 0 Å². The molecule has 2 bridgehead atoms. The van der Waals surface area contributed by atoms with Gasteiger partial charge in [0.05, 0.1) is 30.3 Å². The predicted molar refractivity (Wildman–Crippen MR) is 146 cm³/mol. The molecule has 1 aromatic carbocycles. The van der Waals surface area contributed by atoms with Gasteiger partial charge in [0.2, 0.25) is 0 Å². The zero-order valence-corrected chi connectivity index (χ0v) is 24.7. The van der Waals surface area contributed by atoms with Gasteiger partial charge < -0.3 is 39.4 Å². The van der Waals surface area contributed by atoms with Crippen LogP contribution in [0.4, 0.5) is 0 Å². The average Bonchev–Trinajstić information content (AvgIpc) is 2.90. The Morgan fingerprint density at radius 2 is 1.62 bits per heavy atom. The fraction of sp³-hybridized carbons (Fsp3) is 0.645. The van der Waals surface area contributed by atoms with E-state index < -0.39 is 82.5 Å². The highest BCUT2D eigenvalue weighted by Gasteiger charge is 2.78. The zero-order chi connectivity index (χ0) is 31.0. The summed E-state index contributed by atoms with van der Waals surface area (Å²) < 4.78 is 23.7. The van der Waals surface area contributed by atoms with Crippen molar-refractivity contribution in [1.29, 1.82) is 0 Å². The number of ether oxygens (including phenoxy) is 4. The van der Waals surface area contributed by atoms with Gasteiger partial charge in [0, 0.05) is 37.5 Å². The molecule has 3 fully saturated rings. The van der Waals surface area contributed by atoms with E-state index in [1.54, 1.807) is 58.0 Å². The number of carbonyl (C=O) groups is 3. The molecule has 3 aliphatic carbocycles. The maximum absolute atomic E-state index is 13.7. The molecule has 1 aliphatic heterocycles. The average molecular weight is 589 g/mol. The third-order valence-electron chi connectivity index (χ3n) is 10.4. The monoisotopic (exact) mass is 588 g/mol. The first-order chi connectivity index (χ1) is 19.5. The fourth-order valence-corrected chi connectivity index (χ4v) is 8.15. The summed E-state index contributed by atoms with van der Waals surface area (Å²) >= 11 is 0. The van der Waals surface area contributed by atoms with E-state index in [-0.39, 0.29) is 30.6 Å². The second-order valence-electron chi connectivity index (χ2n) is 13.0. The highest BCUT2D eigenvalue weighted by atomic mass is 16.6. The van der Waals surface area contributed by atoms with Crippen LogP contribution in [0.25, 0.3) is 0 Å². The number of aliphatic hydroxyl groups excluding tert-OH is 3. The largest absolute Gasteiger partial charge is 0.455 e. The number of fused-ring (bicyclic) bond motifs is 5. The molecule has 1 aromatic rings. The lowest BCUT2D eigenvalue weighted by Gasteiger charge is -2.69. The van der Waals surface area contributed by atoms with Crippen LogP contribution < -0.4 is 0 Å². The van der Waals surface area contributed by atoms with Gasteiger partial charge >= 0.3 is 17.9 Å². The van der Waals surface area contributed by atoms with E-state index in [2.05, 4.69) is 0 Å². The summed E-state index contributed by atoms with van der Waals surface area (Å²) in [6.07, 6.45) is -8.39. The van der Waals surface area contributed by atoms with Crippen LogP contribution in [0.15, 0.2) is 41.5 Å². The molecule has 230 valence electrons.